The first kappa shape index (κ1) is 23.6. The molecule has 7 heteroatoms. The summed E-state index contributed by atoms with van der Waals surface area (Å²) in [6, 6.07) is 15.0. The Kier molecular flexibility index (Phi) is 8.80. The van der Waals surface area contributed by atoms with Crippen LogP contribution in [-0.2, 0) is 6.54 Å². The quantitative estimate of drug-likeness (QED) is 0.329. The van der Waals surface area contributed by atoms with Crippen LogP contribution in [0.1, 0.15) is 43.4 Å². The number of aryl methyl sites for hydroxylation is 1. The molecule has 31 heavy (non-hydrogen) atoms. The van der Waals surface area contributed by atoms with Crippen LogP contribution in [0.5, 0.6) is 5.75 Å². The number of benzene rings is 1. The molecule has 2 N–H and O–H groups in total. The van der Waals surface area contributed by atoms with E-state index in [1.54, 1.807) is 0 Å². The van der Waals surface area contributed by atoms with Crippen molar-refractivity contribution < 1.29 is 4.74 Å². The minimum absolute atomic E-state index is 0. The molecule has 0 atom stereocenters. The largest absolute Gasteiger partial charge is 0.490 e. The van der Waals surface area contributed by atoms with Crippen molar-refractivity contribution in [2.24, 2.45) is 4.99 Å². The third kappa shape index (κ3) is 6.48. The van der Waals surface area contributed by atoms with Crippen LogP contribution in [0, 0.1) is 6.92 Å². The molecule has 2 fully saturated rings. The molecule has 2 aromatic rings. The second kappa shape index (κ2) is 11.5. The predicted molar refractivity (Wildman–Crippen MR) is 138 cm³/mol. The van der Waals surface area contributed by atoms with E-state index >= 15 is 0 Å². The summed E-state index contributed by atoms with van der Waals surface area (Å²) in [5.41, 5.74) is 2.24. The van der Waals surface area contributed by atoms with Gasteiger partial charge in [0, 0.05) is 44.0 Å². The highest BCUT2D eigenvalue weighted by Crippen LogP contribution is 2.27. The predicted octanol–water partition coefficient (Wildman–Crippen LogP) is 4.27. The number of nitrogens with zero attached hydrogens (tertiary/aromatic N) is 3. The van der Waals surface area contributed by atoms with Gasteiger partial charge in [0.25, 0.3) is 0 Å². The molecule has 1 aliphatic carbocycles. The van der Waals surface area contributed by atoms with Gasteiger partial charge in [0.15, 0.2) is 5.96 Å². The molecule has 168 valence electrons. The van der Waals surface area contributed by atoms with Gasteiger partial charge in [-0.25, -0.2) is 4.98 Å². The van der Waals surface area contributed by atoms with Gasteiger partial charge in [-0.1, -0.05) is 24.3 Å². The normalized spacial score (nSPS) is 17.5. The summed E-state index contributed by atoms with van der Waals surface area (Å²) in [6.45, 7) is 4.75. The molecule has 0 amide bonds. The summed E-state index contributed by atoms with van der Waals surface area (Å²) in [4.78, 5) is 11.5. The van der Waals surface area contributed by atoms with E-state index in [0.29, 0.717) is 18.7 Å². The van der Waals surface area contributed by atoms with Gasteiger partial charge in [-0.15, -0.1) is 24.0 Å². The van der Waals surface area contributed by atoms with Crippen LogP contribution < -0.4 is 20.3 Å². The molecule has 6 nitrogen and oxygen atoms in total. The van der Waals surface area contributed by atoms with E-state index in [1.165, 1.54) is 24.8 Å². The Bertz CT molecular complexity index is 863. The highest BCUT2D eigenvalue weighted by Gasteiger charge is 2.22. The molecule has 2 aliphatic rings. The van der Waals surface area contributed by atoms with Crippen LogP contribution in [0.15, 0.2) is 47.5 Å². The minimum atomic E-state index is 0. The van der Waals surface area contributed by atoms with Crippen LogP contribution in [0.3, 0.4) is 0 Å². The zero-order valence-electron chi connectivity index (χ0n) is 18.5. The maximum atomic E-state index is 6.15. The molecular formula is C24H34IN5O. The van der Waals surface area contributed by atoms with Gasteiger partial charge >= 0.3 is 0 Å². The Morgan fingerprint density at radius 2 is 1.87 bits per heavy atom. The van der Waals surface area contributed by atoms with Crippen LogP contribution >= 0.6 is 24.0 Å². The molecule has 1 saturated heterocycles. The van der Waals surface area contributed by atoms with Crippen LogP contribution in [0.4, 0.5) is 5.82 Å². The first-order valence-corrected chi connectivity index (χ1v) is 11.1. The second-order valence-corrected chi connectivity index (χ2v) is 8.25. The number of guanidine groups is 1. The lowest BCUT2D eigenvalue weighted by atomic mass is 9.96. The number of anilines is 1. The molecular weight excluding hydrogens is 501 g/mol. The smallest absolute Gasteiger partial charge is 0.191 e. The van der Waals surface area contributed by atoms with Gasteiger partial charge < -0.3 is 20.3 Å². The van der Waals surface area contributed by atoms with E-state index in [0.717, 1.165) is 49.2 Å². The first-order chi connectivity index (χ1) is 14.7. The van der Waals surface area contributed by atoms with Gasteiger partial charge in [0.2, 0.25) is 0 Å². The van der Waals surface area contributed by atoms with Gasteiger partial charge in [0.05, 0.1) is 6.10 Å². The van der Waals surface area contributed by atoms with Gasteiger partial charge in [-0.3, -0.25) is 4.99 Å². The fourth-order valence-electron chi connectivity index (χ4n) is 3.96. The summed E-state index contributed by atoms with van der Waals surface area (Å²) >= 11 is 0. The number of ether oxygens (including phenoxy) is 1. The lowest BCUT2D eigenvalue weighted by Crippen LogP contribution is -2.48. The summed E-state index contributed by atoms with van der Waals surface area (Å²) in [5, 5.41) is 7.06. The average molecular weight is 535 g/mol. The van der Waals surface area contributed by atoms with Crippen molar-refractivity contribution in [1.82, 2.24) is 15.6 Å². The van der Waals surface area contributed by atoms with E-state index in [2.05, 4.69) is 55.8 Å². The number of piperidine rings is 1. The standard InChI is InChI=1S/C24H33N5O.HI/c1-18-7-5-12-23(27-18)29-15-13-20(14-16-29)28-24(25-2)26-17-19-8-3-4-11-22(19)30-21-9-6-10-21;/h3-5,7-8,11-12,20-21H,6,9-10,13-17H2,1-2H3,(H2,25,26,28);1H. The number of pyridine rings is 1. The Morgan fingerprint density at radius 3 is 2.55 bits per heavy atom. The van der Waals surface area contributed by atoms with Gasteiger partial charge in [-0.2, -0.15) is 0 Å². The lowest BCUT2D eigenvalue weighted by Gasteiger charge is -2.34. The van der Waals surface area contributed by atoms with Crippen LogP contribution in [-0.4, -0.2) is 43.2 Å². The highest BCUT2D eigenvalue weighted by atomic mass is 127. The number of para-hydroxylation sites is 1. The zero-order chi connectivity index (χ0) is 20.8. The Morgan fingerprint density at radius 1 is 1.10 bits per heavy atom. The SMILES string of the molecule is CN=C(NCc1ccccc1OC1CCC1)NC1CCN(c2cccc(C)n2)CC1.I. The number of aliphatic imine (C=N–C) groups is 1. The highest BCUT2D eigenvalue weighted by molar-refractivity contribution is 14.0. The topological polar surface area (TPSA) is 61.8 Å². The Balaban J connectivity index is 0.00000272. The number of nitrogens with one attached hydrogen (secondary N) is 2. The minimum Gasteiger partial charge on any atom is -0.490 e. The molecule has 0 unspecified atom stereocenters. The number of hydrogen-bond donors (Lipinski definition) is 2. The fourth-order valence-corrected chi connectivity index (χ4v) is 3.96. The first-order valence-electron chi connectivity index (χ1n) is 11.1. The van der Waals surface area contributed by atoms with E-state index in [4.69, 9.17) is 4.74 Å². The average Bonchev–Trinajstić information content (AvgIpc) is 2.75. The van der Waals surface area contributed by atoms with Crippen molar-refractivity contribution in [3.63, 3.8) is 0 Å². The molecule has 1 aromatic carbocycles. The molecule has 0 bridgehead atoms. The van der Waals surface area contributed by atoms with Crippen LogP contribution in [0.2, 0.25) is 0 Å². The maximum Gasteiger partial charge on any atom is 0.191 e. The molecule has 4 rings (SSSR count). The zero-order valence-corrected chi connectivity index (χ0v) is 20.8. The summed E-state index contributed by atoms with van der Waals surface area (Å²) < 4.78 is 6.15. The fraction of sp³-hybridized carbons (Fsp3) is 0.500. The van der Waals surface area contributed by atoms with Crippen molar-refractivity contribution in [3.05, 3.63) is 53.7 Å². The molecule has 1 aliphatic heterocycles. The molecule has 0 spiro atoms. The van der Waals surface area contributed by atoms with E-state index in [9.17, 15) is 0 Å². The van der Waals surface area contributed by atoms with Crippen molar-refractivity contribution >= 4 is 35.8 Å². The Labute approximate surface area is 202 Å². The molecule has 1 aromatic heterocycles. The van der Waals surface area contributed by atoms with Crippen molar-refractivity contribution in [2.45, 2.75) is 57.7 Å². The molecule has 2 heterocycles. The Hall–Kier alpha value is -2.03. The third-order valence-corrected chi connectivity index (χ3v) is 6.02. The monoisotopic (exact) mass is 535 g/mol. The number of hydrogen-bond acceptors (Lipinski definition) is 4. The number of aromatic nitrogens is 1. The summed E-state index contributed by atoms with van der Waals surface area (Å²) in [7, 11) is 1.83. The lowest BCUT2D eigenvalue weighted by molar-refractivity contribution is 0.119. The van der Waals surface area contributed by atoms with E-state index < -0.39 is 0 Å². The van der Waals surface area contributed by atoms with Gasteiger partial charge in [0.1, 0.15) is 11.6 Å². The number of halogens is 1. The third-order valence-electron chi connectivity index (χ3n) is 6.02. The molecule has 0 radical (unpaired) electrons. The van der Waals surface area contributed by atoms with E-state index in [1.807, 2.05) is 26.1 Å². The van der Waals surface area contributed by atoms with Crippen LogP contribution in [0.25, 0.3) is 0 Å². The maximum absolute atomic E-state index is 6.15. The van der Waals surface area contributed by atoms with Crippen molar-refractivity contribution in [3.8, 4) is 5.75 Å². The summed E-state index contributed by atoms with van der Waals surface area (Å²) in [5.74, 6) is 2.92. The van der Waals surface area contributed by atoms with Crippen molar-refractivity contribution in [1.29, 1.82) is 0 Å². The van der Waals surface area contributed by atoms with Crippen molar-refractivity contribution in [2.75, 3.05) is 25.0 Å². The van der Waals surface area contributed by atoms with E-state index in [-0.39, 0.29) is 24.0 Å². The van der Waals surface area contributed by atoms with Gasteiger partial charge in [-0.05, 0) is 57.2 Å². The second-order valence-electron chi connectivity index (χ2n) is 8.25. The molecule has 1 saturated carbocycles. The summed E-state index contributed by atoms with van der Waals surface area (Å²) in [6.07, 6.45) is 6.14. The number of rotatable bonds is 6.